The molecule has 9 heavy (non-hydrogen) atoms. The lowest BCUT2D eigenvalue weighted by atomic mass is 9.95. The van der Waals surface area contributed by atoms with E-state index in [-0.39, 0.29) is 5.78 Å². The first kappa shape index (κ1) is 6.81. The van der Waals surface area contributed by atoms with Gasteiger partial charge in [-0.05, 0) is 18.4 Å². The number of ketones is 1. The number of halogens is 1. The number of carbonyl (C=O) groups is 1. The third-order valence-corrected chi connectivity index (χ3v) is 1.67. The second kappa shape index (κ2) is 2.53. The molecule has 0 radical (unpaired) electrons. The van der Waals surface area contributed by atoms with Crippen molar-refractivity contribution in [1.82, 2.24) is 0 Å². The summed E-state index contributed by atoms with van der Waals surface area (Å²) in [5.41, 5.74) is 0. The molecule has 0 aromatic heterocycles. The van der Waals surface area contributed by atoms with Crippen molar-refractivity contribution in [3.63, 3.8) is 0 Å². The Hall–Kier alpha value is -0.300. The Balaban J connectivity index is 2.67. The highest BCUT2D eigenvalue weighted by atomic mass is 35.5. The summed E-state index contributed by atoms with van der Waals surface area (Å²) in [6.45, 7) is 2.04. The maximum absolute atomic E-state index is 10.7. The minimum atomic E-state index is 0.166. The van der Waals surface area contributed by atoms with Crippen LogP contribution < -0.4 is 0 Å². The second-order valence-corrected chi connectivity index (χ2v) is 3.06. The van der Waals surface area contributed by atoms with Gasteiger partial charge in [-0.3, -0.25) is 4.79 Å². The fraction of sp³-hybridized carbons (Fsp3) is 0.571. The predicted molar refractivity (Wildman–Crippen MR) is 37.3 cm³/mol. The molecule has 1 aliphatic rings. The van der Waals surface area contributed by atoms with Crippen molar-refractivity contribution < 1.29 is 4.79 Å². The molecule has 0 saturated heterocycles. The van der Waals surface area contributed by atoms with Gasteiger partial charge in [0.1, 0.15) is 0 Å². The smallest absolute Gasteiger partial charge is 0.157 e. The van der Waals surface area contributed by atoms with Gasteiger partial charge in [0.15, 0.2) is 5.78 Å². The van der Waals surface area contributed by atoms with E-state index in [0.717, 1.165) is 6.42 Å². The van der Waals surface area contributed by atoms with Crippen molar-refractivity contribution >= 4 is 17.4 Å². The fourth-order valence-electron chi connectivity index (χ4n) is 1.04. The number of allylic oxidation sites excluding steroid dienone is 2. The summed E-state index contributed by atoms with van der Waals surface area (Å²) in [7, 11) is 0. The highest BCUT2D eigenvalue weighted by Gasteiger charge is 2.14. The van der Waals surface area contributed by atoms with Crippen molar-refractivity contribution in [2.45, 2.75) is 19.8 Å². The summed E-state index contributed by atoms with van der Waals surface area (Å²) < 4.78 is 0. The van der Waals surface area contributed by atoms with E-state index in [4.69, 9.17) is 11.6 Å². The number of rotatable bonds is 0. The lowest BCUT2D eigenvalue weighted by Crippen LogP contribution is -2.08. The van der Waals surface area contributed by atoms with Crippen molar-refractivity contribution in [3.05, 3.63) is 11.1 Å². The van der Waals surface area contributed by atoms with Crippen molar-refractivity contribution in [2.24, 2.45) is 5.92 Å². The van der Waals surface area contributed by atoms with Crippen LogP contribution in [0.2, 0.25) is 0 Å². The van der Waals surface area contributed by atoms with Crippen LogP contribution in [0.15, 0.2) is 11.1 Å². The summed E-state index contributed by atoms with van der Waals surface area (Å²) in [4.78, 5) is 10.7. The topological polar surface area (TPSA) is 17.1 Å². The fourth-order valence-corrected chi connectivity index (χ4v) is 1.43. The van der Waals surface area contributed by atoms with Gasteiger partial charge in [0.2, 0.25) is 0 Å². The van der Waals surface area contributed by atoms with Crippen molar-refractivity contribution in [1.29, 1.82) is 0 Å². The molecule has 2 heteroatoms. The van der Waals surface area contributed by atoms with E-state index in [1.165, 1.54) is 6.08 Å². The summed E-state index contributed by atoms with van der Waals surface area (Å²) in [5.74, 6) is 0.605. The van der Waals surface area contributed by atoms with E-state index < -0.39 is 0 Å². The molecule has 0 spiro atoms. The minimum Gasteiger partial charge on any atom is -0.295 e. The van der Waals surface area contributed by atoms with Crippen LogP contribution in [0.3, 0.4) is 0 Å². The molecule has 0 bridgehead atoms. The van der Waals surface area contributed by atoms with Crippen LogP contribution in [0, 0.1) is 5.92 Å². The van der Waals surface area contributed by atoms with Crippen molar-refractivity contribution in [3.8, 4) is 0 Å². The normalized spacial score (nSPS) is 28.0. The van der Waals surface area contributed by atoms with Crippen LogP contribution in [-0.2, 0) is 4.79 Å². The summed E-state index contributed by atoms with van der Waals surface area (Å²) in [6, 6.07) is 0. The molecule has 1 aliphatic carbocycles. The monoisotopic (exact) mass is 144 g/mol. The van der Waals surface area contributed by atoms with Crippen LogP contribution in [0.4, 0.5) is 0 Å². The summed E-state index contributed by atoms with van der Waals surface area (Å²) >= 11 is 5.65. The molecule has 1 rings (SSSR count). The quantitative estimate of drug-likeness (QED) is 0.509. The van der Waals surface area contributed by atoms with E-state index >= 15 is 0 Å². The Labute approximate surface area is 59.7 Å². The minimum absolute atomic E-state index is 0.166. The van der Waals surface area contributed by atoms with Gasteiger partial charge in [-0.25, -0.2) is 0 Å². The van der Waals surface area contributed by atoms with E-state index in [1.54, 1.807) is 0 Å². The standard InChI is InChI=1S/C7H9ClO/c1-5-2-6(8)4-7(9)3-5/h4-5H,2-3H2,1H3/t5-/m1/s1. The van der Waals surface area contributed by atoms with Gasteiger partial charge in [-0.15, -0.1) is 0 Å². The van der Waals surface area contributed by atoms with Crippen LogP contribution in [0.25, 0.3) is 0 Å². The average molecular weight is 145 g/mol. The molecule has 0 fully saturated rings. The zero-order valence-corrected chi connectivity index (χ0v) is 6.11. The molecule has 0 heterocycles. The number of carbonyl (C=O) groups excluding carboxylic acids is 1. The highest BCUT2D eigenvalue weighted by molar-refractivity contribution is 6.31. The van der Waals surface area contributed by atoms with Crippen molar-refractivity contribution in [2.75, 3.05) is 0 Å². The van der Waals surface area contributed by atoms with Gasteiger partial charge >= 0.3 is 0 Å². The Morgan fingerprint density at radius 3 is 2.78 bits per heavy atom. The lowest BCUT2D eigenvalue weighted by molar-refractivity contribution is -0.115. The zero-order valence-electron chi connectivity index (χ0n) is 5.36. The van der Waals surface area contributed by atoms with Gasteiger partial charge in [0.05, 0.1) is 0 Å². The Morgan fingerprint density at radius 2 is 2.33 bits per heavy atom. The van der Waals surface area contributed by atoms with Crippen LogP contribution in [0.5, 0.6) is 0 Å². The van der Waals surface area contributed by atoms with Crippen LogP contribution in [-0.4, -0.2) is 5.78 Å². The van der Waals surface area contributed by atoms with E-state index in [0.29, 0.717) is 17.4 Å². The SMILES string of the molecule is C[C@H]1CC(=O)C=C(Cl)C1. The molecule has 0 aliphatic heterocycles. The molecule has 0 unspecified atom stereocenters. The Bertz CT molecular complexity index is 160. The van der Waals surface area contributed by atoms with Crippen LogP contribution in [0.1, 0.15) is 19.8 Å². The lowest BCUT2D eigenvalue weighted by Gasteiger charge is -2.12. The van der Waals surface area contributed by atoms with E-state index in [1.807, 2.05) is 6.92 Å². The maximum Gasteiger partial charge on any atom is 0.157 e. The Morgan fingerprint density at radius 1 is 1.67 bits per heavy atom. The molecule has 0 saturated carbocycles. The molecular weight excluding hydrogens is 136 g/mol. The summed E-state index contributed by atoms with van der Waals surface area (Å²) in [5, 5.41) is 0.707. The summed E-state index contributed by atoms with van der Waals surface area (Å²) in [6.07, 6.45) is 3.06. The van der Waals surface area contributed by atoms with Gasteiger partial charge in [0.25, 0.3) is 0 Å². The molecule has 50 valence electrons. The second-order valence-electron chi connectivity index (χ2n) is 2.57. The molecular formula is C7H9ClO. The third kappa shape index (κ3) is 1.83. The van der Waals surface area contributed by atoms with Gasteiger partial charge < -0.3 is 0 Å². The third-order valence-electron chi connectivity index (χ3n) is 1.41. The number of hydrogen-bond acceptors (Lipinski definition) is 1. The predicted octanol–water partition coefficient (Wildman–Crippen LogP) is 2.11. The van der Waals surface area contributed by atoms with Gasteiger partial charge in [-0.1, -0.05) is 18.5 Å². The van der Waals surface area contributed by atoms with E-state index in [9.17, 15) is 4.79 Å². The molecule has 0 N–H and O–H groups in total. The molecule has 0 amide bonds. The first-order valence-electron chi connectivity index (χ1n) is 3.07. The molecule has 1 nitrogen and oxygen atoms in total. The zero-order chi connectivity index (χ0) is 6.85. The molecule has 0 aromatic carbocycles. The highest BCUT2D eigenvalue weighted by Crippen LogP contribution is 2.23. The average Bonchev–Trinajstić information content (AvgIpc) is 1.59. The maximum atomic E-state index is 10.7. The van der Waals surface area contributed by atoms with Gasteiger partial charge in [-0.2, -0.15) is 0 Å². The largest absolute Gasteiger partial charge is 0.295 e. The van der Waals surface area contributed by atoms with Crippen LogP contribution >= 0.6 is 11.6 Å². The first-order chi connectivity index (χ1) is 4.18. The Kier molecular flexibility index (Phi) is 1.91. The molecule has 1 atom stereocenters. The first-order valence-corrected chi connectivity index (χ1v) is 3.45. The number of hydrogen-bond donors (Lipinski definition) is 0. The molecule has 0 aromatic rings. The van der Waals surface area contributed by atoms with E-state index in [2.05, 4.69) is 0 Å². The van der Waals surface area contributed by atoms with Gasteiger partial charge in [0, 0.05) is 11.5 Å².